The fourth-order valence-electron chi connectivity index (χ4n) is 2.10. The summed E-state index contributed by atoms with van der Waals surface area (Å²) in [5, 5.41) is 7.82. The van der Waals surface area contributed by atoms with Crippen molar-refractivity contribution in [3.63, 3.8) is 0 Å². The summed E-state index contributed by atoms with van der Waals surface area (Å²) < 4.78 is 12.8. The molecule has 0 bridgehead atoms. The number of aromatic nitrogens is 2. The van der Waals surface area contributed by atoms with E-state index in [4.69, 9.17) is 9.47 Å². The van der Waals surface area contributed by atoms with E-state index >= 15 is 0 Å². The van der Waals surface area contributed by atoms with Crippen LogP contribution in [-0.2, 0) is 16.7 Å². The summed E-state index contributed by atoms with van der Waals surface area (Å²) in [5.74, 6) is 0.923. The molecule has 1 aliphatic heterocycles. The molecule has 18 heavy (non-hydrogen) atoms. The summed E-state index contributed by atoms with van der Waals surface area (Å²) in [5.41, 5.74) is 1.25. The van der Waals surface area contributed by atoms with Gasteiger partial charge in [0.25, 0.3) is 0 Å². The topological polar surface area (TPSA) is 48.3 Å². The fraction of sp³-hybridized carbons (Fsp3) is 0.769. The van der Waals surface area contributed by atoms with Crippen LogP contribution in [0.15, 0.2) is 6.20 Å². The third-order valence-electron chi connectivity index (χ3n) is 3.15. The summed E-state index contributed by atoms with van der Waals surface area (Å²) in [7, 11) is 1.71. The minimum atomic E-state index is 0.0733. The lowest BCUT2D eigenvalue weighted by atomic mass is 9.89. The first-order valence-electron chi connectivity index (χ1n) is 6.44. The van der Waals surface area contributed by atoms with Gasteiger partial charge in [-0.25, -0.2) is 4.68 Å². The van der Waals surface area contributed by atoms with Crippen molar-refractivity contribution >= 4 is 0 Å². The summed E-state index contributed by atoms with van der Waals surface area (Å²) >= 11 is 0. The minimum absolute atomic E-state index is 0.0733. The second kappa shape index (κ2) is 5.28. The maximum atomic E-state index is 5.86. The molecule has 0 saturated carbocycles. The minimum Gasteiger partial charge on any atom is -0.476 e. The Labute approximate surface area is 108 Å². The Kier molecular flexibility index (Phi) is 3.92. The number of hydrogen-bond donors (Lipinski definition) is 1. The van der Waals surface area contributed by atoms with Gasteiger partial charge in [0.2, 0.25) is 5.88 Å². The van der Waals surface area contributed by atoms with E-state index in [9.17, 15) is 0 Å². The monoisotopic (exact) mass is 253 g/mol. The molecule has 0 radical (unpaired) electrons. The van der Waals surface area contributed by atoms with Crippen LogP contribution in [0, 0.1) is 0 Å². The van der Waals surface area contributed by atoms with Crippen LogP contribution in [0.4, 0.5) is 0 Å². The van der Waals surface area contributed by atoms with E-state index in [1.54, 1.807) is 7.11 Å². The van der Waals surface area contributed by atoms with E-state index in [-0.39, 0.29) is 5.41 Å². The average molecular weight is 253 g/mol. The molecule has 2 heterocycles. The number of ether oxygens (including phenoxy) is 2. The van der Waals surface area contributed by atoms with Crippen molar-refractivity contribution in [3.8, 4) is 5.88 Å². The first-order chi connectivity index (χ1) is 8.52. The SMILES string of the molecule is COCCNC1COc2c(C(C)(C)C)cnn2C1. The Morgan fingerprint density at radius 2 is 2.33 bits per heavy atom. The maximum absolute atomic E-state index is 5.86. The van der Waals surface area contributed by atoms with Crippen LogP contribution in [0.2, 0.25) is 0 Å². The van der Waals surface area contributed by atoms with Gasteiger partial charge < -0.3 is 14.8 Å². The van der Waals surface area contributed by atoms with Crippen LogP contribution < -0.4 is 10.1 Å². The van der Waals surface area contributed by atoms with Gasteiger partial charge in [0.15, 0.2) is 0 Å². The third kappa shape index (κ3) is 2.84. The largest absolute Gasteiger partial charge is 0.476 e. The summed E-state index contributed by atoms with van der Waals surface area (Å²) in [6.45, 7) is 9.64. The molecular weight excluding hydrogens is 230 g/mol. The van der Waals surface area contributed by atoms with E-state index in [1.165, 1.54) is 5.56 Å². The number of nitrogens with zero attached hydrogens (tertiary/aromatic N) is 2. The summed E-state index contributed by atoms with van der Waals surface area (Å²) in [6, 6.07) is 0.306. The molecule has 1 aromatic rings. The van der Waals surface area contributed by atoms with E-state index in [1.807, 2.05) is 10.9 Å². The Balaban J connectivity index is 2.01. The van der Waals surface area contributed by atoms with Crippen molar-refractivity contribution in [1.29, 1.82) is 0 Å². The van der Waals surface area contributed by atoms with Gasteiger partial charge in [-0.2, -0.15) is 5.10 Å². The molecule has 1 unspecified atom stereocenters. The number of nitrogens with one attached hydrogen (secondary N) is 1. The molecule has 1 aromatic heterocycles. The van der Waals surface area contributed by atoms with Gasteiger partial charge in [-0.3, -0.25) is 0 Å². The van der Waals surface area contributed by atoms with Crippen LogP contribution in [0.25, 0.3) is 0 Å². The van der Waals surface area contributed by atoms with Crippen LogP contribution >= 0.6 is 0 Å². The summed E-state index contributed by atoms with van der Waals surface area (Å²) in [6.07, 6.45) is 1.92. The fourth-order valence-corrected chi connectivity index (χ4v) is 2.10. The van der Waals surface area contributed by atoms with Gasteiger partial charge in [0.05, 0.1) is 25.4 Å². The van der Waals surface area contributed by atoms with Gasteiger partial charge >= 0.3 is 0 Å². The molecule has 0 aromatic carbocycles. The first-order valence-corrected chi connectivity index (χ1v) is 6.44. The van der Waals surface area contributed by atoms with Gasteiger partial charge in [-0.1, -0.05) is 20.8 Å². The van der Waals surface area contributed by atoms with Crippen molar-refractivity contribution in [1.82, 2.24) is 15.1 Å². The van der Waals surface area contributed by atoms with Crippen LogP contribution in [0.5, 0.6) is 5.88 Å². The van der Waals surface area contributed by atoms with Crippen molar-refractivity contribution < 1.29 is 9.47 Å². The Hall–Kier alpha value is -1.07. The molecular formula is C13H23N3O2. The zero-order valence-corrected chi connectivity index (χ0v) is 11.7. The van der Waals surface area contributed by atoms with Crippen LogP contribution in [0.1, 0.15) is 26.3 Å². The molecule has 0 aliphatic carbocycles. The van der Waals surface area contributed by atoms with Gasteiger partial charge in [0.1, 0.15) is 6.61 Å². The normalized spacial score (nSPS) is 19.4. The zero-order valence-electron chi connectivity index (χ0n) is 11.7. The Bertz CT molecular complexity index is 395. The highest BCUT2D eigenvalue weighted by Gasteiger charge is 2.28. The van der Waals surface area contributed by atoms with E-state index < -0.39 is 0 Å². The third-order valence-corrected chi connectivity index (χ3v) is 3.15. The molecule has 1 N–H and O–H groups in total. The van der Waals surface area contributed by atoms with Crippen molar-refractivity contribution in [3.05, 3.63) is 11.8 Å². The van der Waals surface area contributed by atoms with E-state index in [2.05, 4.69) is 31.2 Å². The quantitative estimate of drug-likeness (QED) is 0.819. The van der Waals surface area contributed by atoms with E-state index in [0.29, 0.717) is 12.6 Å². The zero-order chi connectivity index (χ0) is 13.2. The Morgan fingerprint density at radius 1 is 1.56 bits per heavy atom. The lowest BCUT2D eigenvalue weighted by Crippen LogP contribution is -2.43. The second-order valence-electron chi connectivity index (χ2n) is 5.75. The molecule has 102 valence electrons. The van der Waals surface area contributed by atoms with Crippen LogP contribution in [-0.4, -0.2) is 42.7 Å². The molecule has 2 rings (SSSR count). The average Bonchev–Trinajstić information content (AvgIpc) is 2.72. The van der Waals surface area contributed by atoms with E-state index in [0.717, 1.165) is 25.6 Å². The predicted octanol–water partition coefficient (Wildman–Crippen LogP) is 1.18. The lowest BCUT2D eigenvalue weighted by Gasteiger charge is -2.27. The molecule has 5 nitrogen and oxygen atoms in total. The number of rotatable bonds is 4. The molecule has 1 aliphatic rings. The highest BCUT2D eigenvalue weighted by Crippen LogP contribution is 2.32. The van der Waals surface area contributed by atoms with Gasteiger partial charge in [0, 0.05) is 19.2 Å². The van der Waals surface area contributed by atoms with Crippen LogP contribution in [0.3, 0.4) is 0 Å². The Morgan fingerprint density at radius 3 is 3.00 bits per heavy atom. The van der Waals surface area contributed by atoms with Crippen molar-refractivity contribution in [2.45, 2.75) is 38.8 Å². The number of hydrogen-bond acceptors (Lipinski definition) is 4. The summed E-state index contributed by atoms with van der Waals surface area (Å²) in [4.78, 5) is 0. The molecule has 0 amide bonds. The number of methoxy groups -OCH3 is 1. The highest BCUT2D eigenvalue weighted by molar-refractivity contribution is 5.32. The highest BCUT2D eigenvalue weighted by atomic mass is 16.5. The molecule has 0 fully saturated rings. The van der Waals surface area contributed by atoms with Crippen molar-refractivity contribution in [2.75, 3.05) is 26.9 Å². The molecule has 0 saturated heterocycles. The number of fused-ring (bicyclic) bond motifs is 1. The maximum Gasteiger partial charge on any atom is 0.215 e. The van der Waals surface area contributed by atoms with Crippen molar-refractivity contribution in [2.24, 2.45) is 0 Å². The molecule has 0 spiro atoms. The first kappa shape index (κ1) is 13.4. The van der Waals surface area contributed by atoms with Gasteiger partial charge in [-0.05, 0) is 5.41 Å². The predicted molar refractivity (Wildman–Crippen MR) is 70.1 cm³/mol. The van der Waals surface area contributed by atoms with Gasteiger partial charge in [-0.15, -0.1) is 0 Å². The second-order valence-corrected chi connectivity index (χ2v) is 5.75. The molecule has 1 atom stereocenters. The molecule has 5 heteroatoms. The standard InChI is InChI=1S/C13H23N3O2/c1-13(2,3)11-7-15-16-8-10(9-18-12(11)16)14-5-6-17-4/h7,10,14H,5-6,8-9H2,1-4H3. The smallest absolute Gasteiger partial charge is 0.215 e. The lowest BCUT2D eigenvalue weighted by molar-refractivity contribution is 0.158.